The minimum Gasteiger partial charge on any atom is -0.469 e. The lowest BCUT2D eigenvalue weighted by molar-refractivity contribution is -0.116. The van der Waals surface area contributed by atoms with Gasteiger partial charge in [-0.05, 0) is 54.8 Å². The number of amidine groups is 1. The molecule has 0 radical (unpaired) electrons. The van der Waals surface area contributed by atoms with E-state index in [9.17, 15) is 14.0 Å². The van der Waals surface area contributed by atoms with Gasteiger partial charge in [-0.1, -0.05) is 30.2 Å². The molecular formula is C29H27ClFN7O3. The number of rotatable bonds is 4. The van der Waals surface area contributed by atoms with E-state index in [-0.39, 0.29) is 34.1 Å². The number of aliphatic imine (C=N–C) groups is 1. The number of nitrogens with zero attached hydrogens (tertiary/aromatic N) is 4. The van der Waals surface area contributed by atoms with Gasteiger partial charge >= 0.3 is 0 Å². The van der Waals surface area contributed by atoms with E-state index in [0.29, 0.717) is 42.8 Å². The lowest BCUT2D eigenvalue weighted by Crippen LogP contribution is -2.29. The van der Waals surface area contributed by atoms with Gasteiger partial charge in [0, 0.05) is 24.4 Å². The first kappa shape index (κ1) is 27.8. The molecule has 4 aromatic rings. The Morgan fingerprint density at radius 3 is 2.93 bits per heavy atom. The van der Waals surface area contributed by atoms with E-state index in [1.54, 1.807) is 24.4 Å². The fourth-order valence-corrected chi connectivity index (χ4v) is 4.73. The fourth-order valence-electron chi connectivity index (χ4n) is 4.56. The first-order chi connectivity index (χ1) is 19.8. The van der Waals surface area contributed by atoms with E-state index < -0.39 is 11.9 Å². The smallest absolute Gasteiger partial charge is 0.286 e. The van der Waals surface area contributed by atoms with Crippen LogP contribution < -0.4 is 16.4 Å². The summed E-state index contributed by atoms with van der Waals surface area (Å²) in [6, 6.07) is 13.2. The Morgan fingerprint density at radius 1 is 1.24 bits per heavy atom. The molecule has 210 valence electrons. The van der Waals surface area contributed by atoms with Crippen molar-refractivity contribution in [1.29, 1.82) is 0 Å². The molecule has 10 nitrogen and oxygen atoms in total. The quantitative estimate of drug-likeness (QED) is 0.223. The lowest BCUT2D eigenvalue weighted by atomic mass is 9.98. The van der Waals surface area contributed by atoms with E-state index in [0.717, 1.165) is 11.1 Å². The number of fused-ring (bicyclic) bond motifs is 4. The number of hydrogen-bond acceptors (Lipinski definition) is 6. The molecule has 1 atom stereocenters. The van der Waals surface area contributed by atoms with Crippen LogP contribution in [0.5, 0.6) is 0 Å². The number of nitrogens with one attached hydrogen (secondary N) is 2. The molecule has 0 saturated carbocycles. The molecule has 2 bridgehead atoms. The van der Waals surface area contributed by atoms with Crippen molar-refractivity contribution in [1.82, 2.24) is 20.1 Å². The van der Waals surface area contributed by atoms with E-state index in [1.165, 1.54) is 36.3 Å². The average molecular weight is 576 g/mol. The molecule has 0 fully saturated rings. The van der Waals surface area contributed by atoms with Crippen LogP contribution in [-0.2, 0) is 9.53 Å². The SMILES string of the molecule is COC(N)=Nc1ccc2c(c1)NC(=O)CCCC[C@H](NC(=O)c1cnn(-c3cccc(Cl)c3F)c1)c1cc-2ccn1. The van der Waals surface area contributed by atoms with Crippen molar-refractivity contribution >= 4 is 40.8 Å². The monoisotopic (exact) mass is 575 g/mol. The molecule has 0 saturated heterocycles. The highest BCUT2D eigenvalue weighted by Crippen LogP contribution is 2.34. The number of aromatic nitrogens is 3. The minimum atomic E-state index is -0.630. The molecule has 0 spiro atoms. The number of nitrogens with two attached hydrogens (primary N) is 1. The maximum atomic E-state index is 14.5. The molecule has 3 heterocycles. The van der Waals surface area contributed by atoms with Gasteiger partial charge < -0.3 is 21.1 Å². The number of hydrogen-bond donors (Lipinski definition) is 3. The van der Waals surface area contributed by atoms with Crippen LogP contribution in [0.2, 0.25) is 5.02 Å². The Bertz CT molecular complexity index is 1640. The van der Waals surface area contributed by atoms with Gasteiger partial charge in [0.15, 0.2) is 5.82 Å². The van der Waals surface area contributed by atoms with Gasteiger partial charge in [-0.25, -0.2) is 9.07 Å². The van der Waals surface area contributed by atoms with Crippen LogP contribution in [0.3, 0.4) is 0 Å². The largest absolute Gasteiger partial charge is 0.469 e. The summed E-state index contributed by atoms with van der Waals surface area (Å²) in [6.45, 7) is 0. The topological polar surface area (TPSA) is 137 Å². The Hall–Kier alpha value is -4.77. The van der Waals surface area contributed by atoms with Gasteiger partial charge in [-0.2, -0.15) is 10.1 Å². The average Bonchev–Trinajstić information content (AvgIpc) is 3.46. The normalized spacial score (nSPS) is 15.6. The van der Waals surface area contributed by atoms with Crippen molar-refractivity contribution < 1.29 is 18.7 Å². The van der Waals surface area contributed by atoms with Crippen LogP contribution in [0, 0.1) is 5.82 Å². The predicted octanol–water partition coefficient (Wildman–Crippen LogP) is 5.30. The van der Waals surface area contributed by atoms with Crippen LogP contribution >= 0.6 is 11.6 Å². The number of ether oxygens (including phenoxy) is 1. The summed E-state index contributed by atoms with van der Waals surface area (Å²) in [6.07, 6.45) is 6.60. The van der Waals surface area contributed by atoms with Crippen molar-refractivity contribution in [2.75, 3.05) is 12.4 Å². The molecule has 1 aliphatic heterocycles. The van der Waals surface area contributed by atoms with Crippen LogP contribution in [0.4, 0.5) is 15.8 Å². The summed E-state index contributed by atoms with van der Waals surface area (Å²) in [5.74, 6) is -1.16. The Morgan fingerprint density at radius 2 is 2.10 bits per heavy atom. The van der Waals surface area contributed by atoms with Crippen LogP contribution in [-0.4, -0.2) is 39.7 Å². The summed E-state index contributed by atoms with van der Waals surface area (Å²) >= 11 is 5.90. The molecule has 1 aliphatic rings. The second-order valence-corrected chi connectivity index (χ2v) is 9.83. The van der Waals surface area contributed by atoms with Gasteiger partial charge in [0.25, 0.3) is 11.9 Å². The van der Waals surface area contributed by atoms with E-state index >= 15 is 0 Å². The number of carbonyl (C=O) groups excluding carboxylic acids is 2. The summed E-state index contributed by atoms with van der Waals surface area (Å²) in [5, 5.41) is 10.1. The Balaban J connectivity index is 1.45. The molecule has 41 heavy (non-hydrogen) atoms. The molecule has 5 rings (SSSR count). The third-order valence-corrected chi connectivity index (χ3v) is 6.94. The van der Waals surface area contributed by atoms with Gasteiger partial charge in [0.2, 0.25) is 5.91 Å². The zero-order valence-electron chi connectivity index (χ0n) is 22.1. The van der Waals surface area contributed by atoms with Crippen molar-refractivity contribution in [2.24, 2.45) is 10.7 Å². The summed E-state index contributed by atoms with van der Waals surface area (Å²) < 4.78 is 20.7. The molecule has 0 aliphatic carbocycles. The maximum absolute atomic E-state index is 14.5. The third kappa shape index (κ3) is 6.36. The Labute approximate surface area is 240 Å². The number of benzene rings is 2. The number of amides is 2. The molecule has 12 heteroatoms. The Kier molecular flexibility index (Phi) is 8.25. The van der Waals surface area contributed by atoms with Crippen LogP contribution in [0.25, 0.3) is 16.8 Å². The molecule has 0 unspecified atom stereocenters. The zero-order valence-corrected chi connectivity index (χ0v) is 22.9. The molecule has 2 aromatic heterocycles. The lowest BCUT2D eigenvalue weighted by Gasteiger charge is -2.20. The second kappa shape index (κ2) is 12.2. The zero-order chi connectivity index (χ0) is 28.9. The van der Waals surface area contributed by atoms with Crippen molar-refractivity contribution in [3.8, 4) is 16.8 Å². The van der Waals surface area contributed by atoms with Crippen LogP contribution in [0.15, 0.2) is 72.1 Å². The predicted molar refractivity (Wildman–Crippen MR) is 154 cm³/mol. The summed E-state index contributed by atoms with van der Waals surface area (Å²) in [5.41, 5.74) is 9.39. The van der Waals surface area contributed by atoms with E-state index in [4.69, 9.17) is 22.1 Å². The molecule has 2 amide bonds. The van der Waals surface area contributed by atoms with Crippen molar-refractivity contribution in [2.45, 2.75) is 31.7 Å². The molecule has 4 N–H and O–H groups in total. The highest BCUT2D eigenvalue weighted by molar-refractivity contribution is 6.30. The van der Waals surface area contributed by atoms with Crippen molar-refractivity contribution in [3.05, 3.63) is 89.2 Å². The van der Waals surface area contributed by atoms with E-state index in [2.05, 4.69) is 25.7 Å². The van der Waals surface area contributed by atoms with E-state index in [1.807, 2.05) is 18.2 Å². The molecule has 2 aromatic carbocycles. The van der Waals surface area contributed by atoms with Crippen LogP contribution in [0.1, 0.15) is 47.8 Å². The highest BCUT2D eigenvalue weighted by atomic mass is 35.5. The highest BCUT2D eigenvalue weighted by Gasteiger charge is 2.21. The van der Waals surface area contributed by atoms with Crippen molar-refractivity contribution in [3.63, 3.8) is 0 Å². The number of pyridine rings is 1. The maximum Gasteiger partial charge on any atom is 0.286 e. The summed E-state index contributed by atoms with van der Waals surface area (Å²) in [4.78, 5) is 34.8. The van der Waals surface area contributed by atoms with Gasteiger partial charge in [-0.15, -0.1) is 0 Å². The number of carbonyl (C=O) groups is 2. The number of anilines is 1. The van der Waals surface area contributed by atoms with Gasteiger partial charge in [0.1, 0.15) is 5.69 Å². The standard InChI is InChI=1S/C29H27ClFN7O3/c1-41-29(32)35-19-9-10-20-17-11-12-33-24(13-17)22(6-2-3-8-26(39)36-23(20)14-19)37-28(40)18-15-34-38(16-18)25-7-4-5-21(30)27(25)31/h4-5,7,9-16,22H,2-3,6,8H2,1H3,(H2,32,35)(H,36,39)(H,37,40)/t22-/m0/s1. The minimum absolute atomic E-state index is 0.00236. The number of methoxy groups -OCH3 is 1. The third-order valence-electron chi connectivity index (χ3n) is 6.65. The first-order valence-corrected chi connectivity index (χ1v) is 13.3. The number of halogens is 2. The fraction of sp³-hybridized carbons (Fsp3) is 0.207. The molecular weight excluding hydrogens is 549 g/mol. The first-order valence-electron chi connectivity index (χ1n) is 12.9. The van der Waals surface area contributed by atoms with Gasteiger partial charge in [0.05, 0.1) is 47.0 Å². The van der Waals surface area contributed by atoms with Gasteiger partial charge in [-0.3, -0.25) is 14.6 Å². The second-order valence-electron chi connectivity index (χ2n) is 9.42. The summed E-state index contributed by atoms with van der Waals surface area (Å²) in [7, 11) is 1.42.